The summed E-state index contributed by atoms with van der Waals surface area (Å²) in [6.07, 6.45) is 0.779. The quantitative estimate of drug-likeness (QED) is 0.590. The number of hydrogen-bond acceptors (Lipinski definition) is 4. The number of carbonyl (C=O) groups excluding carboxylic acids is 2. The molecule has 7 nitrogen and oxygen atoms in total. The fourth-order valence-corrected chi connectivity index (χ4v) is 3.23. The highest BCUT2D eigenvalue weighted by molar-refractivity contribution is 5.95. The van der Waals surface area contributed by atoms with E-state index < -0.39 is 0 Å². The molecule has 0 atom stereocenters. The standard InChI is InChI=1S/C23H26N4O3/c1-4-30-20-12-10-18(11-13-20)23(29)25-24-22(28)15-14-21-16(2)26-27(17(21)3)19-8-6-5-7-9-19/h5-13H,4,14-15H2,1-3H3,(H,24,28)(H,25,29). The third-order valence-electron chi connectivity index (χ3n) is 4.79. The van der Waals surface area contributed by atoms with Crippen molar-refractivity contribution in [1.82, 2.24) is 20.6 Å². The number of benzene rings is 2. The summed E-state index contributed by atoms with van der Waals surface area (Å²) in [5, 5.41) is 4.60. The summed E-state index contributed by atoms with van der Waals surface area (Å²) < 4.78 is 7.24. The van der Waals surface area contributed by atoms with E-state index in [-0.39, 0.29) is 18.2 Å². The van der Waals surface area contributed by atoms with Crippen LogP contribution in [0.2, 0.25) is 0 Å². The van der Waals surface area contributed by atoms with Crippen LogP contribution in [0.1, 0.15) is 40.7 Å². The van der Waals surface area contributed by atoms with Gasteiger partial charge in [-0.05, 0) is 69.2 Å². The zero-order valence-electron chi connectivity index (χ0n) is 17.4. The second kappa shape index (κ2) is 9.73. The van der Waals surface area contributed by atoms with Gasteiger partial charge in [-0.15, -0.1) is 0 Å². The molecule has 7 heteroatoms. The molecule has 0 aliphatic rings. The average molecular weight is 406 g/mol. The zero-order valence-corrected chi connectivity index (χ0v) is 17.4. The molecule has 0 unspecified atom stereocenters. The topological polar surface area (TPSA) is 85.2 Å². The molecule has 0 aliphatic heterocycles. The molecule has 0 spiro atoms. The number of nitrogens with zero attached hydrogens (tertiary/aromatic N) is 2. The van der Waals surface area contributed by atoms with Crippen molar-refractivity contribution in [2.75, 3.05) is 6.61 Å². The van der Waals surface area contributed by atoms with Gasteiger partial charge in [-0.1, -0.05) is 18.2 Å². The van der Waals surface area contributed by atoms with Crippen LogP contribution in [0.25, 0.3) is 5.69 Å². The molecular weight excluding hydrogens is 380 g/mol. The molecule has 0 saturated heterocycles. The van der Waals surface area contributed by atoms with Crippen LogP contribution in [0.15, 0.2) is 54.6 Å². The number of para-hydroxylation sites is 1. The normalized spacial score (nSPS) is 10.5. The van der Waals surface area contributed by atoms with Crippen LogP contribution in [0.5, 0.6) is 5.75 Å². The predicted octanol–water partition coefficient (Wildman–Crippen LogP) is 3.28. The molecule has 1 aromatic heterocycles. The summed E-state index contributed by atoms with van der Waals surface area (Å²) in [4.78, 5) is 24.4. The second-order valence-corrected chi connectivity index (χ2v) is 6.86. The Bertz CT molecular complexity index is 1010. The van der Waals surface area contributed by atoms with Gasteiger partial charge in [-0.2, -0.15) is 5.10 Å². The maximum absolute atomic E-state index is 12.2. The maximum Gasteiger partial charge on any atom is 0.269 e. The molecule has 3 aromatic rings. The lowest BCUT2D eigenvalue weighted by Gasteiger charge is -2.09. The highest BCUT2D eigenvalue weighted by Gasteiger charge is 2.14. The van der Waals surface area contributed by atoms with E-state index in [1.165, 1.54) is 0 Å². The molecule has 3 rings (SSSR count). The lowest BCUT2D eigenvalue weighted by Crippen LogP contribution is -2.41. The Morgan fingerprint density at radius 3 is 2.37 bits per heavy atom. The number of nitrogens with one attached hydrogen (secondary N) is 2. The van der Waals surface area contributed by atoms with E-state index in [2.05, 4.69) is 16.0 Å². The molecule has 0 fully saturated rings. The van der Waals surface area contributed by atoms with Gasteiger partial charge < -0.3 is 4.74 Å². The molecule has 2 aromatic carbocycles. The van der Waals surface area contributed by atoms with Crippen LogP contribution >= 0.6 is 0 Å². The highest BCUT2D eigenvalue weighted by atomic mass is 16.5. The van der Waals surface area contributed by atoms with Crippen molar-refractivity contribution in [2.45, 2.75) is 33.6 Å². The Kier molecular flexibility index (Phi) is 6.85. The summed E-state index contributed by atoms with van der Waals surface area (Å²) in [5.74, 6) is 0.0519. The number of rotatable bonds is 7. The van der Waals surface area contributed by atoms with Gasteiger partial charge in [0.05, 0.1) is 18.0 Å². The summed E-state index contributed by atoms with van der Waals surface area (Å²) in [6, 6.07) is 16.6. The molecule has 156 valence electrons. The third kappa shape index (κ3) is 5.05. The highest BCUT2D eigenvalue weighted by Crippen LogP contribution is 2.19. The minimum atomic E-state index is -0.379. The van der Waals surface area contributed by atoms with Crippen LogP contribution in [-0.4, -0.2) is 28.2 Å². The number of aromatic nitrogens is 2. The maximum atomic E-state index is 12.2. The van der Waals surface area contributed by atoms with Gasteiger partial charge in [0.2, 0.25) is 5.91 Å². The molecular formula is C23H26N4O3. The van der Waals surface area contributed by atoms with Crippen LogP contribution < -0.4 is 15.6 Å². The molecule has 30 heavy (non-hydrogen) atoms. The van der Waals surface area contributed by atoms with Gasteiger partial charge in [0.25, 0.3) is 5.91 Å². The molecule has 0 radical (unpaired) electrons. The first-order chi connectivity index (χ1) is 14.5. The first-order valence-corrected chi connectivity index (χ1v) is 9.92. The fourth-order valence-electron chi connectivity index (χ4n) is 3.23. The molecule has 0 bridgehead atoms. The summed E-state index contributed by atoms with van der Waals surface area (Å²) in [7, 11) is 0. The van der Waals surface area contributed by atoms with E-state index in [1.807, 2.05) is 55.8 Å². The van der Waals surface area contributed by atoms with Gasteiger partial charge in [-0.25, -0.2) is 4.68 Å². The Morgan fingerprint density at radius 2 is 1.70 bits per heavy atom. The zero-order chi connectivity index (χ0) is 21.5. The first-order valence-electron chi connectivity index (χ1n) is 9.92. The van der Waals surface area contributed by atoms with E-state index >= 15 is 0 Å². The molecule has 2 N–H and O–H groups in total. The Morgan fingerprint density at radius 1 is 1.00 bits per heavy atom. The summed E-state index contributed by atoms with van der Waals surface area (Å²) in [5.41, 5.74) is 9.27. The smallest absolute Gasteiger partial charge is 0.269 e. The second-order valence-electron chi connectivity index (χ2n) is 6.86. The number of amides is 2. The number of ether oxygens (including phenoxy) is 1. The number of hydrazine groups is 1. The van der Waals surface area contributed by atoms with Crippen LogP contribution in [0.3, 0.4) is 0 Å². The third-order valence-corrected chi connectivity index (χ3v) is 4.79. The number of aryl methyl sites for hydroxylation is 1. The van der Waals surface area contributed by atoms with Crippen LogP contribution in [-0.2, 0) is 11.2 Å². The number of hydrogen-bond donors (Lipinski definition) is 2. The van der Waals surface area contributed by atoms with Crippen molar-refractivity contribution < 1.29 is 14.3 Å². The SMILES string of the molecule is CCOc1ccc(C(=O)NNC(=O)CCc2c(C)nn(-c3ccccc3)c2C)cc1. The predicted molar refractivity (Wildman–Crippen MR) is 115 cm³/mol. The van der Waals surface area contributed by atoms with Crippen molar-refractivity contribution in [3.8, 4) is 11.4 Å². The lowest BCUT2D eigenvalue weighted by molar-refractivity contribution is -0.121. The van der Waals surface area contributed by atoms with Crippen LogP contribution in [0, 0.1) is 13.8 Å². The van der Waals surface area contributed by atoms with Crippen molar-refractivity contribution in [3.63, 3.8) is 0 Å². The van der Waals surface area contributed by atoms with Gasteiger partial charge in [0.1, 0.15) is 5.75 Å². The van der Waals surface area contributed by atoms with Crippen molar-refractivity contribution in [1.29, 1.82) is 0 Å². The van der Waals surface area contributed by atoms with Crippen LogP contribution in [0.4, 0.5) is 0 Å². The monoisotopic (exact) mass is 406 g/mol. The van der Waals surface area contributed by atoms with E-state index in [9.17, 15) is 9.59 Å². The Labute approximate surface area is 176 Å². The van der Waals surface area contributed by atoms with Crippen molar-refractivity contribution >= 4 is 11.8 Å². The van der Waals surface area contributed by atoms with E-state index in [0.717, 1.165) is 22.6 Å². The Hall–Kier alpha value is -3.61. The number of carbonyl (C=O) groups is 2. The summed E-state index contributed by atoms with van der Waals surface area (Å²) in [6.45, 7) is 6.39. The van der Waals surface area contributed by atoms with Crippen molar-refractivity contribution in [2.24, 2.45) is 0 Å². The average Bonchev–Trinajstić information content (AvgIpc) is 3.05. The minimum Gasteiger partial charge on any atom is -0.494 e. The Balaban J connectivity index is 1.53. The largest absolute Gasteiger partial charge is 0.494 e. The van der Waals surface area contributed by atoms with E-state index in [0.29, 0.717) is 24.3 Å². The fraction of sp³-hybridized carbons (Fsp3) is 0.261. The van der Waals surface area contributed by atoms with E-state index in [1.54, 1.807) is 24.3 Å². The molecule has 0 aliphatic carbocycles. The van der Waals surface area contributed by atoms with E-state index in [4.69, 9.17) is 4.74 Å². The van der Waals surface area contributed by atoms with Crippen molar-refractivity contribution in [3.05, 3.63) is 77.1 Å². The molecule has 2 amide bonds. The van der Waals surface area contributed by atoms with Gasteiger partial charge in [0.15, 0.2) is 0 Å². The first kappa shape index (κ1) is 21.1. The lowest BCUT2D eigenvalue weighted by atomic mass is 10.1. The van der Waals surface area contributed by atoms with Gasteiger partial charge in [0, 0.05) is 17.7 Å². The minimum absolute atomic E-state index is 0.242. The molecule has 0 saturated carbocycles. The van der Waals surface area contributed by atoms with Gasteiger partial charge >= 0.3 is 0 Å². The van der Waals surface area contributed by atoms with Gasteiger partial charge in [-0.3, -0.25) is 20.4 Å². The molecule has 1 heterocycles. The summed E-state index contributed by atoms with van der Waals surface area (Å²) >= 11 is 0.